The smallest absolute Gasteiger partial charge is 0.407 e. The summed E-state index contributed by atoms with van der Waals surface area (Å²) >= 11 is 0. The molecule has 4 nitrogen and oxygen atoms in total. The molecule has 0 bridgehead atoms. The zero-order chi connectivity index (χ0) is 18.2. The fourth-order valence-corrected chi connectivity index (χ4v) is 3.41. The van der Waals surface area contributed by atoms with Gasteiger partial charge in [-0.05, 0) is 30.4 Å². The van der Waals surface area contributed by atoms with Gasteiger partial charge in [0.05, 0.1) is 0 Å². The number of carbonyl (C=O) groups excluding carboxylic acids is 1. The van der Waals surface area contributed by atoms with Crippen molar-refractivity contribution < 1.29 is 9.53 Å². The summed E-state index contributed by atoms with van der Waals surface area (Å²) in [4.78, 5) is 11.9. The average molecular weight is 352 g/mol. The monoisotopic (exact) mass is 352 g/mol. The van der Waals surface area contributed by atoms with Gasteiger partial charge >= 0.3 is 6.09 Å². The molecule has 0 heterocycles. The van der Waals surface area contributed by atoms with Gasteiger partial charge in [0.25, 0.3) is 0 Å². The summed E-state index contributed by atoms with van der Waals surface area (Å²) in [6.45, 7) is 2.53. The zero-order valence-corrected chi connectivity index (χ0v) is 15.4. The molecule has 3 rings (SSSR count). The van der Waals surface area contributed by atoms with Gasteiger partial charge in [-0.15, -0.1) is 0 Å². The Balaban J connectivity index is 1.38. The van der Waals surface area contributed by atoms with Crippen LogP contribution in [0.4, 0.5) is 4.79 Å². The van der Waals surface area contributed by atoms with Gasteiger partial charge in [0.15, 0.2) is 0 Å². The van der Waals surface area contributed by atoms with E-state index in [0.29, 0.717) is 18.7 Å². The van der Waals surface area contributed by atoms with Gasteiger partial charge in [0.1, 0.15) is 6.61 Å². The maximum Gasteiger partial charge on any atom is 0.407 e. The summed E-state index contributed by atoms with van der Waals surface area (Å²) in [7, 11) is 0. The van der Waals surface area contributed by atoms with E-state index in [1.807, 2.05) is 30.3 Å². The van der Waals surface area contributed by atoms with Crippen molar-refractivity contribution in [3.63, 3.8) is 0 Å². The van der Waals surface area contributed by atoms with Crippen molar-refractivity contribution in [2.24, 2.45) is 0 Å². The van der Waals surface area contributed by atoms with Gasteiger partial charge in [-0.2, -0.15) is 0 Å². The van der Waals surface area contributed by atoms with E-state index in [4.69, 9.17) is 4.74 Å². The van der Waals surface area contributed by atoms with Crippen LogP contribution in [-0.2, 0) is 11.3 Å². The van der Waals surface area contributed by atoms with Crippen molar-refractivity contribution in [3.05, 3.63) is 71.8 Å². The van der Waals surface area contributed by atoms with Crippen molar-refractivity contribution >= 4 is 6.09 Å². The van der Waals surface area contributed by atoms with Gasteiger partial charge < -0.3 is 15.4 Å². The molecule has 1 aliphatic carbocycles. The fourth-order valence-electron chi connectivity index (χ4n) is 3.41. The van der Waals surface area contributed by atoms with E-state index < -0.39 is 0 Å². The molecule has 1 aliphatic rings. The van der Waals surface area contributed by atoms with Crippen LogP contribution in [0.1, 0.15) is 49.8 Å². The number of benzene rings is 2. The van der Waals surface area contributed by atoms with Gasteiger partial charge in [-0.25, -0.2) is 4.79 Å². The Morgan fingerprint density at radius 1 is 1.04 bits per heavy atom. The minimum absolute atomic E-state index is 0.203. The standard InChI is InChI=1S/C22H28N2O2/c1-2-9-21(18-12-7-4-8-13-18)23-19-14-20(15-19)24-22(25)26-16-17-10-5-3-6-11-17/h3-8,10-13,19-21,23H,2,9,14-16H2,1H3,(H,24,25). The molecular weight excluding hydrogens is 324 g/mol. The predicted molar refractivity (Wildman–Crippen MR) is 104 cm³/mol. The zero-order valence-electron chi connectivity index (χ0n) is 15.4. The first-order valence-corrected chi connectivity index (χ1v) is 9.52. The van der Waals surface area contributed by atoms with Crippen molar-refractivity contribution in [3.8, 4) is 0 Å². The lowest BCUT2D eigenvalue weighted by molar-refractivity contribution is 0.124. The number of carbonyl (C=O) groups is 1. The molecule has 2 aromatic carbocycles. The second kappa shape index (κ2) is 9.39. The predicted octanol–water partition coefficient (Wildman–Crippen LogP) is 4.57. The van der Waals surface area contributed by atoms with Crippen LogP contribution in [0, 0.1) is 0 Å². The molecule has 1 amide bonds. The Bertz CT molecular complexity index is 669. The van der Waals surface area contributed by atoms with Crippen molar-refractivity contribution in [1.82, 2.24) is 10.6 Å². The van der Waals surface area contributed by atoms with E-state index in [0.717, 1.165) is 31.2 Å². The highest BCUT2D eigenvalue weighted by atomic mass is 16.5. The molecule has 0 saturated heterocycles. The Labute approximate surface area is 156 Å². The molecule has 26 heavy (non-hydrogen) atoms. The second-order valence-electron chi connectivity index (χ2n) is 6.99. The topological polar surface area (TPSA) is 50.4 Å². The number of ether oxygens (including phenoxy) is 1. The number of rotatable bonds is 8. The number of hydrogen-bond donors (Lipinski definition) is 2. The molecule has 0 aliphatic heterocycles. The number of amides is 1. The number of nitrogens with one attached hydrogen (secondary N) is 2. The third-order valence-electron chi connectivity index (χ3n) is 4.89. The lowest BCUT2D eigenvalue weighted by atomic mass is 9.85. The van der Waals surface area contributed by atoms with Crippen molar-refractivity contribution in [1.29, 1.82) is 0 Å². The average Bonchev–Trinajstić information content (AvgIpc) is 2.65. The normalized spacial score (nSPS) is 20.0. The molecule has 2 aromatic rings. The quantitative estimate of drug-likeness (QED) is 0.731. The van der Waals surface area contributed by atoms with E-state index in [-0.39, 0.29) is 12.1 Å². The maximum absolute atomic E-state index is 11.9. The van der Waals surface area contributed by atoms with Gasteiger partial charge in [-0.1, -0.05) is 74.0 Å². The Morgan fingerprint density at radius 2 is 1.69 bits per heavy atom. The van der Waals surface area contributed by atoms with Gasteiger partial charge in [-0.3, -0.25) is 0 Å². The highest BCUT2D eigenvalue weighted by Gasteiger charge is 2.32. The SMILES string of the molecule is CCCC(NC1CC(NC(=O)OCc2ccccc2)C1)c1ccccc1. The molecule has 1 unspecified atom stereocenters. The molecule has 2 N–H and O–H groups in total. The van der Waals surface area contributed by atoms with Crippen LogP contribution in [0.15, 0.2) is 60.7 Å². The van der Waals surface area contributed by atoms with E-state index >= 15 is 0 Å². The molecule has 0 aromatic heterocycles. The van der Waals surface area contributed by atoms with Crippen LogP contribution in [0.25, 0.3) is 0 Å². The molecule has 4 heteroatoms. The number of hydrogen-bond acceptors (Lipinski definition) is 3. The minimum atomic E-state index is -0.328. The maximum atomic E-state index is 11.9. The summed E-state index contributed by atoms with van der Waals surface area (Å²) in [6, 6.07) is 21.4. The molecular formula is C22H28N2O2. The summed E-state index contributed by atoms with van der Waals surface area (Å²) in [5, 5.41) is 6.70. The summed E-state index contributed by atoms with van der Waals surface area (Å²) in [5.74, 6) is 0. The number of alkyl carbamates (subject to hydrolysis) is 1. The van der Waals surface area contributed by atoms with Crippen LogP contribution in [0.3, 0.4) is 0 Å². The first-order valence-electron chi connectivity index (χ1n) is 9.52. The Kier molecular flexibility index (Phi) is 6.67. The van der Waals surface area contributed by atoms with Crippen molar-refractivity contribution in [2.75, 3.05) is 0 Å². The third kappa shape index (κ3) is 5.33. The van der Waals surface area contributed by atoms with E-state index in [1.54, 1.807) is 0 Å². The van der Waals surface area contributed by atoms with Crippen LogP contribution >= 0.6 is 0 Å². The molecule has 0 spiro atoms. The fraction of sp³-hybridized carbons (Fsp3) is 0.409. The minimum Gasteiger partial charge on any atom is -0.445 e. The van der Waals surface area contributed by atoms with Crippen LogP contribution < -0.4 is 10.6 Å². The summed E-state index contributed by atoms with van der Waals surface area (Å²) in [5.41, 5.74) is 2.34. The highest BCUT2D eigenvalue weighted by Crippen LogP contribution is 2.26. The van der Waals surface area contributed by atoms with Crippen LogP contribution in [0.2, 0.25) is 0 Å². The molecule has 0 radical (unpaired) electrons. The molecule has 1 saturated carbocycles. The van der Waals surface area contributed by atoms with E-state index in [9.17, 15) is 4.79 Å². The first kappa shape index (κ1) is 18.5. The van der Waals surface area contributed by atoms with Gasteiger partial charge in [0.2, 0.25) is 0 Å². The first-order chi connectivity index (χ1) is 12.7. The van der Waals surface area contributed by atoms with Crippen molar-refractivity contribution in [2.45, 2.75) is 57.3 Å². The van der Waals surface area contributed by atoms with Crippen LogP contribution in [0.5, 0.6) is 0 Å². The summed E-state index contributed by atoms with van der Waals surface area (Å²) < 4.78 is 5.29. The van der Waals surface area contributed by atoms with E-state index in [1.165, 1.54) is 5.56 Å². The Hall–Kier alpha value is -2.33. The lowest BCUT2D eigenvalue weighted by Gasteiger charge is -2.38. The molecule has 138 valence electrons. The second-order valence-corrected chi connectivity index (χ2v) is 6.99. The van der Waals surface area contributed by atoms with Gasteiger partial charge in [0, 0.05) is 18.1 Å². The third-order valence-corrected chi connectivity index (χ3v) is 4.89. The highest BCUT2D eigenvalue weighted by molar-refractivity contribution is 5.67. The molecule has 1 atom stereocenters. The Morgan fingerprint density at radius 3 is 2.35 bits per heavy atom. The van der Waals surface area contributed by atoms with E-state index in [2.05, 4.69) is 47.9 Å². The summed E-state index contributed by atoms with van der Waals surface area (Å²) in [6.07, 6.45) is 3.84. The van der Waals surface area contributed by atoms with Crippen LogP contribution in [-0.4, -0.2) is 18.2 Å². The lowest BCUT2D eigenvalue weighted by Crippen LogP contribution is -2.53. The largest absolute Gasteiger partial charge is 0.445 e. The molecule has 1 fully saturated rings.